The van der Waals surface area contributed by atoms with E-state index in [-0.39, 0.29) is 0 Å². The monoisotopic (exact) mass is 238 g/mol. The van der Waals surface area contributed by atoms with Crippen molar-refractivity contribution in [3.8, 4) is 5.82 Å². The van der Waals surface area contributed by atoms with Crippen molar-refractivity contribution in [3.63, 3.8) is 0 Å². The Morgan fingerprint density at radius 3 is 2.50 bits per heavy atom. The molecule has 0 N–H and O–H groups in total. The number of benzene rings is 1. The molecule has 4 nitrogen and oxygen atoms in total. The lowest BCUT2D eigenvalue weighted by molar-refractivity contribution is 0.904. The fourth-order valence-corrected chi connectivity index (χ4v) is 2.25. The maximum atomic E-state index is 4.55. The van der Waals surface area contributed by atoms with Crippen molar-refractivity contribution in [2.24, 2.45) is 0 Å². The van der Waals surface area contributed by atoms with E-state index in [1.807, 2.05) is 45.0 Å². The van der Waals surface area contributed by atoms with Crippen molar-refractivity contribution in [1.82, 2.24) is 19.5 Å². The van der Waals surface area contributed by atoms with Crippen LogP contribution in [-0.4, -0.2) is 19.5 Å². The molecule has 0 radical (unpaired) electrons. The molecule has 2 heterocycles. The Balaban J connectivity index is 2.34. The molecule has 0 aliphatic heterocycles. The van der Waals surface area contributed by atoms with Crippen molar-refractivity contribution >= 4 is 11.0 Å². The van der Waals surface area contributed by atoms with Gasteiger partial charge in [0.2, 0.25) is 0 Å². The second-order valence-electron chi connectivity index (χ2n) is 4.40. The smallest absolute Gasteiger partial charge is 0.142 e. The normalized spacial score (nSPS) is 11.1. The highest BCUT2D eigenvalue weighted by molar-refractivity contribution is 5.77. The highest BCUT2D eigenvalue weighted by Gasteiger charge is 2.10. The van der Waals surface area contributed by atoms with E-state index < -0.39 is 0 Å². The standard InChI is InChI=1S/C14H14N4/c1-9-8-14(16-10(2)15-9)18-11(3)17-12-6-4-5-7-13(12)18/h4-8H,1-3H3. The first-order valence-corrected chi connectivity index (χ1v) is 5.92. The average Bonchev–Trinajstić information content (AvgIpc) is 2.63. The van der Waals surface area contributed by atoms with Gasteiger partial charge < -0.3 is 0 Å². The van der Waals surface area contributed by atoms with Crippen LogP contribution in [-0.2, 0) is 0 Å². The summed E-state index contributed by atoms with van der Waals surface area (Å²) in [5.74, 6) is 2.60. The van der Waals surface area contributed by atoms with Gasteiger partial charge in [-0.1, -0.05) is 12.1 Å². The molecule has 90 valence electrons. The number of imidazole rings is 1. The highest BCUT2D eigenvalue weighted by atomic mass is 15.1. The van der Waals surface area contributed by atoms with Gasteiger partial charge in [-0.05, 0) is 32.9 Å². The molecule has 0 atom stereocenters. The topological polar surface area (TPSA) is 43.6 Å². The third-order valence-electron chi connectivity index (χ3n) is 2.91. The van der Waals surface area contributed by atoms with Gasteiger partial charge in [-0.3, -0.25) is 4.57 Å². The van der Waals surface area contributed by atoms with Gasteiger partial charge in [0.05, 0.1) is 11.0 Å². The van der Waals surface area contributed by atoms with Crippen molar-refractivity contribution in [2.45, 2.75) is 20.8 Å². The van der Waals surface area contributed by atoms with Crippen molar-refractivity contribution in [3.05, 3.63) is 47.7 Å². The summed E-state index contributed by atoms with van der Waals surface area (Å²) in [6.07, 6.45) is 0. The van der Waals surface area contributed by atoms with E-state index in [4.69, 9.17) is 0 Å². The molecule has 0 aliphatic carbocycles. The molecule has 0 fully saturated rings. The fourth-order valence-electron chi connectivity index (χ4n) is 2.25. The summed E-state index contributed by atoms with van der Waals surface area (Å²) in [5.41, 5.74) is 3.03. The zero-order chi connectivity index (χ0) is 12.7. The predicted octanol–water partition coefficient (Wildman–Crippen LogP) is 2.74. The molecule has 0 saturated carbocycles. The van der Waals surface area contributed by atoms with Gasteiger partial charge in [0.1, 0.15) is 17.5 Å². The van der Waals surface area contributed by atoms with Crippen LogP contribution in [0.2, 0.25) is 0 Å². The van der Waals surface area contributed by atoms with Crippen LogP contribution < -0.4 is 0 Å². The minimum Gasteiger partial charge on any atom is -0.280 e. The van der Waals surface area contributed by atoms with E-state index in [2.05, 4.69) is 25.6 Å². The second kappa shape index (κ2) is 3.91. The first-order chi connectivity index (χ1) is 8.65. The van der Waals surface area contributed by atoms with Crippen molar-refractivity contribution < 1.29 is 0 Å². The van der Waals surface area contributed by atoms with Crippen LogP contribution in [0.1, 0.15) is 17.3 Å². The Hall–Kier alpha value is -2.23. The predicted molar refractivity (Wildman–Crippen MR) is 70.9 cm³/mol. The number of fused-ring (bicyclic) bond motifs is 1. The van der Waals surface area contributed by atoms with Crippen LogP contribution in [0.25, 0.3) is 16.9 Å². The van der Waals surface area contributed by atoms with Crippen LogP contribution in [0.4, 0.5) is 0 Å². The van der Waals surface area contributed by atoms with Crippen molar-refractivity contribution in [1.29, 1.82) is 0 Å². The lowest BCUT2D eigenvalue weighted by Gasteiger charge is -2.07. The van der Waals surface area contributed by atoms with Gasteiger partial charge in [0, 0.05) is 11.8 Å². The summed E-state index contributed by atoms with van der Waals surface area (Å²) < 4.78 is 2.07. The minimum atomic E-state index is 0.780. The molecule has 0 spiro atoms. The summed E-state index contributed by atoms with van der Waals surface area (Å²) in [4.78, 5) is 13.4. The van der Waals surface area contributed by atoms with E-state index in [0.29, 0.717) is 0 Å². The number of aryl methyl sites for hydroxylation is 3. The van der Waals surface area contributed by atoms with Gasteiger partial charge in [-0.25, -0.2) is 15.0 Å². The maximum Gasteiger partial charge on any atom is 0.142 e. The molecule has 0 amide bonds. The molecule has 4 heteroatoms. The summed E-state index contributed by atoms with van der Waals surface area (Å²) in [6, 6.07) is 10.1. The largest absolute Gasteiger partial charge is 0.280 e. The Morgan fingerprint density at radius 2 is 1.72 bits per heavy atom. The van der Waals surface area contributed by atoms with E-state index in [1.165, 1.54) is 0 Å². The molecule has 1 aromatic carbocycles. The molecule has 18 heavy (non-hydrogen) atoms. The number of para-hydroxylation sites is 2. The van der Waals surface area contributed by atoms with Gasteiger partial charge in [0.25, 0.3) is 0 Å². The van der Waals surface area contributed by atoms with Crippen LogP contribution >= 0.6 is 0 Å². The first-order valence-electron chi connectivity index (χ1n) is 5.92. The zero-order valence-corrected chi connectivity index (χ0v) is 10.7. The molecular formula is C14H14N4. The summed E-state index contributed by atoms with van der Waals surface area (Å²) >= 11 is 0. The third-order valence-corrected chi connectivity index (χ3v) is 2.91. The Labute approximate surface area is 105 Å². The van der Waals surface area contributed by atoms with Crippen LogP contribution in [0, 0.1) is 20.8 Å². The highest BCUT2D eigenvalue weighted by Crippen LogP contribution is 2.20. The number of rotatable bonds is 1. The molecule has 3 aromatic rings. The minimum absolute atomic E-state index is 0.780. The molecule has 0 saturated heterocycles. The number of hydrogen-bond donors (Lipinski definition) is 0. The second-order valence-corrected chi connectivity index (χ2v) is 4.40. The summed E-state index contributed by atoms with van der Waals surface area (Å²) in [6.45, 7) is 5.88. The Bertz CT molecular complexity index is 707. The maximum absolute atomic E-state index is 4.55. The Kier molecular flexibility index (Phi) is 2.37. The van der Waals surface area contributed by atoms with Gasteiger partial charge >= 0.3 is 0 Å². The average molecular weight is 238 g/mol. The third kappa shape index (κ3) is 1.66. The molecular weight excluding hydrogens is 224 g/mol. The number of nitrogens with zero attached hydrogens (tertiary/aromatic N) is 4. The van der Waals surface area contributed by atoms with Crippen LogP contribution in [0.5, 0.6) is 0 Å². The van der Waals surface area contributed by atoms with Crippen molar-refractivity contribution in [2.75, 3.05) is 0 Å². The van der Waals surface area contributed by atoms with Crippen LogP contribution in [0.15, 0.2) is 30.3 Å². The zero-order valence-electron chi connectivity index (χ0n) is 10.7. The SMILES string of the molecule is Cc1cc(-n2c(C)nc3ccccc32)nc(C)n1. The van der Waals surface area contributed by atoms with E-state index in [0.717, 1.165) is 34.2 Å². The van der Waals surface area contributed by atoms with Crippen LogP contribution in [0.3, 0.4) is 0 Å². The van der Waals surface area contributed by atoms with Gasteiger partial charge in [-0.2, -0.15) is 0 Å². The lowest BCUT2D eigenvalue weighted by atomic mass is 10.3. The number of hydrogen-bond acceptors (Lipinski definition) is 3. The van der Waals surface area contributed by atoms with Gasteiger partial charge in [-0.15, -0.1) is 0 Å². The fraction of sp³-hybridized carbons (Fsp3) is 0.214. The lowest BCUT2D eigenvalue weighted by Crippen LogP contribution is -2.03. The molecule has 0 aliphatic rings. The Morgan fingerprint density at radius 1 is 0.944 bits per heavy atom. The summed E-state index contributed by atoms with van der Waals surface area (Å²) in [5, 5.41) is 0. The molecule has 0 unspecified atom stereocenters. The summed E-state index contributed by atoms with van der Waals surface area (Å²) in [7, 11) is 0. The van der Waals surface area contributed by atoms with Gasteiger partial charge in [0.15, 0.2) is 0 Å². The quantitative estimate of drug-likeness (QED) is 0.654. The first kappa shape index (κ1) is 10.9. The number of aromatic nitrogens is 4. The van der Waals surface area contributed by atoms with E-state index in [1.54, 1.807) is 0 Å². The van der Waals surface area contributed by atoms with E-state index >= 15 is 0 Å². The van der Waals surface area contributed by atoms with E-state index in [9.17, 15) is 0 Å². The molecule has 0 bridgehead atoms. The molecule has 3 rings (SSSR count). The molecule has 2 aromatic heterocycles.